The Hall–Kier alpha value is -0.710. The van der Waals surface area contributed by atoms with Crippen molar-refractivity contribution >= 4 is 5.78 Å². The molecule has 0 spiro atoms. The summed E-state index contributed by atoms with van der Waals surface area (Å²) in [5, 5.41) is 12.4. The van der Waals surface area contributed by atoms with Gasteiger partial charge >= 0.3 is 0 Å². The highest BCUT2D eigenvalue weighted by Gasteiger charge is 2.27. The summed E-state index contributed by atoms with van der Waals surface area (Å²) in [6.07, 6.45) is 3.27. The van der Waals surface area contributed by atoms with Crippen LogP contribution in [0.25, 0.3) is 0 Å². The molecular weight excluding hydrogens is 192 g/mol. The Morgan fingerprint density at radius 3 is 2.80 bits per heavy atom. The molecule has 4 heteroatoms. The van der Waals surface area contributed by atoms with Crippen molar-refractivity contribution in [3.63, 3.8) is 0 Å². The summed E-state index contributed by atoms with van der Waals surface area (Å²) in [5.41, 5.74) is 1.01. The van der Waals surface area contributed by atoms with E-state index in [9.17, 15) is 4.79 Å². The summed E-state index contributed by atoms with van der Waals surface area (Å²) < 4.78 is 0. The second kappa shape index (κ2) is 4.88. The van der Waals surface area contributed by atoms with Gasteiger partial charge in [-0.15, -0.1) is 0 Å². The van der Waals surface area contributed by atoms with E-state index in [1.54, 1.807) is 0 Å². The molecule has 1 aliphatic carbocycles. The maximum Gasteiger partial charge on any atom is 0.154 e. The highest BCUT2D eigenvalue weighted by atomic mass is 16.3. The third kappa shape index (κ3) is 2.45. The first-order chi connectivity index (χ1) is 7.31. The Labute approximate surface area is 90.0 Å². The summed E-state index contributed by atoms with van der Waals surface area (Å²) in [4.78, 5) is 14.0. The summed E-state index contributed by atoms with van der Waals surface area (Å²) in [5.74, 6) is 0.300. The van der Waals surface area contributed by atoms with Crippen LogP contribution in [0, 0.1) is 0 Å². The first-order valence-corrected chi connectivity index (χ1v) is 5.59. The van der Waals surface area contributed by atoms with Crippen LogP contribution in [-0.2, 0) is 4.79 Å². The van der Waals surface area contributed by atoms with E-state index in [0.717, 1.165) is 38.2 Å². The molecule has 1 heterocycles. The van der Waals surface area contributed by atoms with Crippen LogP contribution in [0.1, 0.15) is 12.8 Å². The van der Waals surface area contributed by atoms with Crippen LogP contribution in [0.5, 0.6) is 0 Å². The molecule has 1 fully saturated rings. The van der Waals surface area contributed by atoms with Gasteiger partial charge in [-0.25, -0.2) is 0 Å². The smallest absolute Gasteiger partial charge is 0.154 e. The van der Waals surface area contributed by atoms with Gasteiger partial charge in [0, 0.05) is 32.6 Å². The zero-order valence-electron chi connectivity index (χ0n) is 8.91. The highest BCUT2D eigenvalue weighted by molar-refractivity contribution is 5.87. The van der Waals surface area contributed by atoms with E-state index in [1.807, 2.05) is 6.08 Å². The second-order valence-corrected chi connectivity index (χ2v) is 4.18. The number of Topliss-reactive ketones (excluding diaryl/α,β-unsaturated/α-hetero) is 1. The van der Waals surface area contributed by atoms with E-state index < -0.39 is 0 Å². The van der Waals surface area contributed by atoms with E-state index in [1.165, 1.54) is 0 Å². The number of carbonyl (C=O) groups excluding carboxylic acids is 1. The van der Waals surface area contributed by atoms with Gasteiger partial charge in [-0.3, -0.25) is 9.69 Å². The summed E-state index contributed by atoms with van der Waals surface area (Å²) in [6.45, 7) is 3.84. The summed E-state index contributed by atoms with van der Waals surface area (Å²) >= 11 is 0. The van der Waals surface area contributed by atoms with E-state index in [4.69, 9.17) is 5.11 Å². The first kappa shape index (κ1) is 10.8. The molecule has 15 heavy (non-hydrogen) atoms. The first-order valence-electron chi connectivity index (χ1n) is 5.59. The number of rotatable bonds is 2. The van der Waals surface area contributed by atoms with E-state index in [-0.39, 0.29) is 12.6 Å². The van der Waals surface area contributed by atoms with Crippen molar-refractivity contribution in [2.24, 2.45) is 0 Å². The molecule has 1 aliphatic heterocycles. The predicted molar refractivity (Wildman–Crippen MR) is 57.6 cm³/mol. The molecule has 0 aromatic carbocycles. The summed E-state index contributed by atoms with van der Waals surface area (Å²) in [7, 11) is 0. The van der Waals surface area contributed by atoms with Gasteiger partial charge in [0.25, 0.3) is 0 Å². The van der Waals surface area contributed by atoms with E-state index in [2.05, 4.69) is 10.2 Å². The Balaban J connectivity index is 2.07. The van der Waals surface area contributed by atoms with Crippen molar-refractivity contribution in [2.75, 3.05) is 32.8 Å². The van der Waals surface area contributed by atoms with Crippen molar-refractivity contribution < 1.29 is 9.90 Å². The standard InChI is InChI=1S/C11H18N2O2/c14-8-9-1-2-11(15)10(7-9)13-5-3-12-4-6-13/h7,10,12,14H,1-6,8H2. The molecule has 1 saturated heterocycles. The van der Waals surface area contributed by atoms with E-state index in [0.29, 0.717) is 12.2 Å². The molecular formula is C11H18N2O2. The van der Waals surface area contributed by atoms with Crippen LogP contribution in [-0.4, -0.2) is 54.6 Å². The number of hydrogen-bond acceptors (Lipinski definition) is 4. The topological polar surface area (TPSA) is 52.6 Å². The van der Waals surface area contributed by atoms with Gasteiger partial charge in [0.2, 0.25) is 0 Å². The van der Waals surface area contributed by atoms with Crippen LogP contribution < -0.4 is 5.32 Å². The lowest BCUT2D eigenvalue weighted by Crippen LogP contribution is -2.51. The van der Waals surface area contributed by atoms with Crippen LogP contribution in [0.2, 0.25) is 0 Å². The fraction of sp³-hybridized carbons (Fsp3) is 0.727. The van der Waals surface area contributed by atoms with Crippen LogP contribution in [0.4, 0.5) is 0 Å². The minimum Gasteiger partial charge on any atom is -0.392 e. The molecule has 1 unspecified atom stereocenters. The maximum atomic E-state index is 11.8. The zero-order chi connectivity index (χ0) is 10.7. The van der Waals surface area contributed by atoms with Crippen molar-refractivity contribution in [2.45, 2.75) is 18.9 Å². The molecule has 0 radical (unpaired) electrons. The molecule has 2 aliphatic rings. The third-order valence-corrected chi connectivity index (χ3v) is 3.16. The number of carbonyl (C=O) groups is 1. The SMILES string of the molecule is O=C1CCC(CO)=CC1N1CCNCC1. The monoisotopic (exact) mass is 210 g/mol. The Kier molecular flexibility index (Phi) is 3.51. The zero-order valence-corrected chi connectivity index (χ0v) is 8.91. The van der Waals surface area contributed by atoms with E-state index >= 15 is 0 Å². The quantitative estimate of drug-likeness (QED) is 0.606. The predicted octanol–water partition coefficient (Wildman–Crippen LogP) is -0.458. The second-order valence-electron chi connectivity index (χ2n) is 4.18. The molecule has 2 rings (SSSR count). The average molecular weight is 210 g/mol. The molecule has 4 nitrogen and oxygen atoms in total. The Morgan fingerprint density at radius 1 is 1.40 bits per heavy atom. The van der Waals surface area contributed by atoms with Crippen LogP contribution in [0.3, 0.4) is 0 Å². The van der Waals surface area contributed by atoms with Crippen molar-refractivity contribution in [3.05, 3.63) is 11.6 Å². The van der Waals surface area contributed by atoms with Gasteiger partial charge in [0.15, 0.2) is 5.78 Å². The fourth-order valence-corrected chi connectivity index (χ4v) is 2.23. The molecule has 0 saturated carbocycles. The number of aliphatic hydroxyl groups excluding tert-OH is 1. The third-order valence-electron chi connectivity index (χ3n) is 3.16. The van der Waals surface area contributed by atoms with Gasteiger partial charge in [0.05, 0.1) is 12.6 Å². The van der Waals surface area contributed by atoms with Crippen molar-refractivity contribution in [1.82, 2.24) is 10.2 Å². The highest BCUT2D eigenvalue weighted by Crippen LogP contribution is 2.19. The molecule has 0 aromatic heterocycles. The van der Waals surface area contributed by atoms with Gasteiger partial charge in [-0.1, -0.05) is 6.08 Å². The van der Waals surface area contributed by atoms with Gasteiger partial charge in [-0.05, 0) is 12.0 Å². The number of nitrogens with zero attached hydrogens (tertiary/aromatic N) is 1. The number of aliphatic hydroxyl groups is 1. The molecule has 84 valence electrons. The largest absolute Gasteiger partial charge is 0.392 e. The average Bonchev–Trinajstić information content (AvgIpc) is 2.31. The molecule has 0 amide bonds. The van der Waals surface area contributed by atoms with Gasteiger partial charge in [0.1, 0.15) is 0 Å². The molecule has 0 aromatic rings. The Bertz CT molecular complexity index is 270. The van der Waals surface area contributed by atoms with Gasteiger partial charge in [-0.2, -0.15) is 0 Å². The number of hydrogen-bond donors (Lipinski definition) is 2. The van der Waals surface area contributed by atoms with Gasteiger partial charge < -0.3 is 10.4 Å². The maximum absolute atomic E-state index is 11.8. The number of piperazine rings is 1. The fourth-order valence-electron chi connectivity index (χ4n) is 2.23. The lowest BCUT2D eigenvalue weighted by molar-refractivity contribution is -0.123. The molecule has 1 atom stereocenters. The molecule has 2 N–H and O–H groups in total. The minimum absolute atomic E-state index is 0.0806. The van der Waals surface area contributed by atoms with Crippen LogP contribution >= 0.6 is 0 Å². The normalized spacial score (nSPS) is 29.0. The summed E-state index contributed by atoms with van der Waals surface area (Å²) in [6, 6.07) is -0.0806. The lowest BCUT2D eigenvalue weighted by Gasteiger charge is -2.34. The van der Waals surface area contributed by atoms with Crippen molar-refractivity contribution in [1.29, 1.82) is 0 Å². The molecule has 0 bridgehead atoms. The number of nitrogens with one attached hydrogen (secondary N) is 1. The van der Waals surface area contributed by atoms with Crippen molar-refractivity contribution in [3.8, 4) is 0 Å². The van der Waals surface area contributed by atoms with Crippen LogP contribution in [0.15, 0.2) is 11.6 Å². The Morgan fingerprint density at radius 2 is 2.13 bits per heavy atom. The minimum atomic E-state index is -0.0806. The number of ketones is 1. The lowest BCUT2D eigenvalue weighted by atomic mass is 9.93.